The molecule has 0 aliphatic rings. The van der Waals surface area contributed by atoms with Gasteiger partial charge < -0.3 is 13.6 Å². The van der Waals surface area contributed by atoms with Crippen LogP contribution >= 0.6 is 0 Å². The van der Waals surface area contributed by atoms with Crippen LogP contribution in [0.3, 0.4) is 0 Å². The van der Waals surface area contributed by atoms with Crippen molar-refractivity contribution in [3.8, 4) is 67.8 Å². The van der Waals surface area contributed by atoms with Gasteiger partial charge in [0.15, 0.2) is 28.6 Å². The van der Waals surface area contributed by atoms with Crippen LogP contribution in [0, 0.1) is 0 Å². The number of rotatable bonds is 7. The summed E-state index contributed by atoms with van der Waals surface area (Å²) in [5.41, 5.74) is 15.1. The Morgan fingerprint density at radius 1 is 0.290 bits per heavy atom. The molecule has 69 heavy (non-hydrogen) atoms. The van der Waals surface area contributed by atoms with E-state index in [2.05, 4.69) is 234 Å². The van der Waals surface area contributed by atoms with E-state index < -0.39 is 0 Å². The number of hydrogen-bond donors (Lipinski definition) is 0. The van der Waals surface area contributed by atoms with Crippen LogP contribution in [-0.4, -0.2) is 24.1 Å². The third kappa shape index (κ3) is 6.23. The second-order valence-electron chi connectivity index (χ2n) is 17.5. The monoisotopic (exact) mass is 881 g/mol. The Kier molecular flexibility index (Phi) is 8.79. The van der Waals surface area contributed by atoms with Crippen molar-refractivity contribution in [1.29, 1.82) is 0 Å². The topological polar surface area (TPSA) is 61.7 Å². The molecule has 322 valence electrons. The molecule has 0 amide bonds. The Balaban J connectivity index is 1.02. The van der Waals surface area contributed by atoms with Crippen LogP contribution in [0.5, 0.6) is 0 Å². The lowest BCUT2D eigenvalue weighted by molar-refractivity contribution is 0.673. The zero-order valence-electron chi connectivity index (χ0n) is 37.2. The van der Waals surface area contributed by atoms with Crippen molar-refractivity contribution < 1.29 is 4.42 Å². The number of para-hydroxylation sites is 4. The van der Waals surface area contributed by atoms with E-state index in [4.69, 9.17) is 19.4 Å². The Morgan fingerprint density at radius 2 is 0.739 bits per heavy atom. The van der Waals surface area contributed by atoms with Crippen LogP contribution in [0.1, 0.15) is 0 Å². The third-order valence-corrected chi connectivity index (χ3v) is 13.6. The van der Waals surface area contributed by atoms with Crippen LogP contribution in [0.15, 0.2) is 241 Å². The number of benzene rings is 10. The van der Waals surface area contributed by atoms with Gasteiger partial charge in [0.05, 0.1) is 27.8 Å². The van der Waals surface area contributed by atoms with Gasteiger partial charge in [-0.2, -0.15) is 0 Å². The van der Waals surface area contributed by atoms with Crippen LogP contribution < -0.4 is 0 Å². The normalized spacial score (nSPS) is 11.8. The van der Waals surface area contributed by atoms with Gasteiger partial charge >= 0.3 is 0 Å². The molecule has 4 aromatic heterocycles. The maximum Gasteiger partial charge on any atom is 0.166 e. The minimum atomic E-state index is 0.569. The fourth-order valence-corrected chi connectivity index (χ4v) is 10.4. The molecule has 0 aliphatic carbocycles. The van der Waals surface area contributed by atoms with Gasteiger partial charge in [-0.15, -0.1) is 0 Å². The Hall–Kier alpha value is -9.39. The molecule has 6 heteroatoms. The summed E-state index contributed by atoms with van der Waals surface area (Å²) in [6.07, 6.45) is 0. The first-order chi connectivity index (χ1) is 34.2. The fourth-order valence-electron chi connectivity index (χ4n) is 10.4. The van der Waals surface area contributed by atoms with E-state index in [-0.39, 0.29) is 0 Å². The summed E-state index contributed by atoms with van der Waals surface area (Å²) in [7, 11) is 0. The van der Waals surface area contributed by atoms with Gasteiger partial charge in [-0.3, -0.25) is 0 Å². The molecule has 0 unspecified atom stereocenters. The van der Waals surface area contributed by atoms with Gasteiger partial charge in [-0.05, 0) is 76.9 Å². The molecule has 14 aromatic rings. The van der Waals surface area contributed by atoms with Gasteiger partial charge in [-0.25, -0.2) is 15.0 Å². The van der Waals surface area contributed by atoms with E-state index in [0.29, 0.717) is 17.5 Å². The first kappa shape index (κ1) is 38.8. The minimum Gasteiger partial charge on any atom is -0.452 e. The summed E-state index contributed by atoms with van der Waals surface area (Å²) < 4.78 is 12.1. The smallest absolute Gasteiger partial charge is 0.166 e. The molecule has 0 saturated heterocycles. The lowest BCUT2D eigenvalue weighted by Crippen LogP contribution is -2.03. The summed E-state index contributed by atoms with van der Waals surface area (Å²) in [4.78, 5) is 15.9. The highest BCUT2D eigenvalue weighted by molar-refractivity contribution is 6.26. The highest BCUT2D eigenvalue weighted by Gasteiger charge is 2.25. The van der Waals surface area contributed by atoms with Crippen LogP contribution in [0.25, 0.3) is 133 Å². The number of hydrogen-bond acceptors (Lipinski definition) is 4. The molecule has 4 heterocycles. The van der Waals surface area contributed by atoms with Gasteiger partial charge in [0.25, 0.3) is 0 Å². The summed E-state index contributed by atoms with van der Waals surface area (Å²) in [5.74, 6) is 1.75. The lowest BCUT2D eigenvalue weighted by atomic mass is 10.0. The van der Waals surface area contributed by atoms with Crippen molar-refractivity contribution in [3.05, 3.63) is 237 Å². The lowest BCUT2D eigenvalue weighted by Gasteiger charge is -2.15. The minimum absolute atomic E-state index is 0.569. The van der Waals surface area contributed by atoms with Crippen LogP contribution in [0.4, 0.5) is 0 Å². The zero-order valence-corrected chi connectivity index (χ0v) is 37.2. The average molecular weight is 882 g/mol. The first-order valence-corrected chi connectivity index (χ1v) is 23.3. The first-order valence-electron chi connectivity index (χ1n) is 23.3. The van der Waals surface area contributed by atoms with Gasteiger partial charge in [0.2, 0.25) is 0 Å². The SMILES string of the molecule is c1ccc(-c2ccc(-c3nc(-c4cccc(-c5ccccc5)c4)nc(-c4ccccc4-n4c5ccccc5c5ccc6c7ccc8c9ccccc9n(-c9ccccc9)c8c7oc6c54)n3)cc2)cc1. The molecule has 0 atom stereocenters. The summed E-state index contributed by atoms with van der Waals surface area (Å²) in [5, 5.41) is 6.66. The summed E-state index contributed by atoms with van der Waals surface area (Å²) in [6.45, 7) is 0. The summed E-state index contributed by atoms with van der Waals surface area (Å²) in [6, 6.07) is 83.0. The van der Waals surface area contributed by atoms with Gasteiger partial charge in [-0.1, -0.05) is 182 Å². The molecule has 0 N–H and O–H groups in total. The quantitative estimate of drug-likeness (QED) is 0.160. The van der Waals surface area contributed by atoms with Gasteiger partial charge in [0.1, 0.15) is 0 Å². The molecular weight excluding hydrogens is 843 g/mol. The molecule has 0 spiro atoms. The summed E-state index contributed by atoms with van der Waals surface area (Å²) >= 11 is 0. The number of aromatic nitrogens is 5. The average Bonchev–Trinajstić information content (AvgIpc) is 4.10. The molecule has 14 rings (SSSR count). The molecule has 0 radical (unpaired) electrons. The maximum absolute atomic E-state index is 7.37. The largest absolute Gasteiger partial charge is 0.452 e. The van der Waals surface area contributed by atoms with Crippen molar-refractivity contribution in [2.45, 2.75) is 0 Å². The molecule has 0 fully saturated rings. The molecule has 0 bridgehead atoms. The third-order valence-electron chi connectivity index (χ3n) is 13.6. The predicted octanol–water partition coefficient (Wildman–Crippen LogP) is 16.3. The highest BCUT2D eigenvalue weighted by Crippen LogP contribution is 2.45. The van der Waals surface area contributed by atoms with Crippen LogP contribution in [0.2, 0.25) is 0 Å². The number of nitrogens with zero attached hydrogens (tertiary/aromatic N) is 5. The second-order valence-corrected chi connectivity index (χ2v) is 17.5. The fraction of sp³-hybridized carbons (Fsp3) is 0. The number of fused-ring (bicyclic) bond motifs is 11. The van der Waals surface area contributed by atoms with Crippen molar-refractivity contribution in [3.63, 3.8) is 0 Å². The Morgan fingerprint density at radius 3 is 1.41 bits per heavy atom. The van der Waals surface area contributed by atoms with Gasteiger partial charge in [0, 0.05) is 54.7 Å². The van der Waals surface area contributed by atoms with E-state index in [1.807, 2.05) is 12.1 Å². The van der Waals surface area contributed by atoms with Crippen molar-refractivity contribution >= 4 is 65.6 Å². The molecule has 0 saturated carbocycles. The maximum atomic E-state index is 7.37. The van der Waals surface area contributed by atoms with Crippen molar-refractivity contribution in [2.24, 2.45) is 0 Å². The second kappa shape index (κ2) is 15.6. The van der Waals surface area contributed by atoms with Crippen molar-refractivity contribution in [1.82, 2.24) is 24.1 Å². The van der Waals surface area contributed by atoms with Crippen LogP contribution in [-0.2, 0) is 0 Å². The van der Waals surface area contributed by atoms with E-state index in [1.54, 1.807) is 0 Å². The van der Waals surface area contributed by atoms with Crippen molar-refractivity contribution in [2.75, 3.05) is 0 Å². The van der Waals surface area contributed by atoms with E-state index in [1.165, 1.54) is 5.39 Å². The Bertz CT molecular complexity index is 4280. The zero-order chi connectivity index (χ0) is 45.4. The molecule has 0 aliphatic heterocycles. The molecule has 10 aromatic carbocycles. The number of furan rings is 1. The van der Waals surface area contributed by atoms with E-state index in [0.717, 1.165) is 110 Å². The highest BCUT2D eigenvalue weighted by atomic mass is 16.3. The Labute approximate surface area is 396 Å². The standard InChI is InChI=1S/C63H39N5O/c1-4-17-40(18-5-1)42-31-33-43(34-32-42)61-64-62(45-22-16-21-44(39-45)41-19-6-2-7-20-41)66-63(65-61)53-27-12-15-30-56(53)68-55-29-14-11-26-48(55)50-36-38-52-51-37-35-49-47-25-10-13-28-54(47)67(46-23-8-3-9-24-46)57(49)59(51)69-60(52)58(50)68/h1-39H. The molecule has 6 nitrogen and oxygen atoms in total. The van der Waals surface area contributed by atoms with E-state index >= 15 is 0 Å². The van der Waals surface area contributed by atoms with E-state index in [9.17, 15) is 0 Å². The predicted molar refractivity (Wildman–Crippen MR) is 283 cm³/mol. The molecular formula is C63H39N5O.